The highest BCUT2D eigenvalue weighted by atomic mass is 16.2. The number of anilines is 1. The highest BCUT2D eigenvalue weighted by Gasteiger charge is 2.14. The van der Waals surface area contributed by atoms with E-state index in [2.05, 4.69) is 16.7 Å². The molecule has 0 aliphatic carbocycles. The zero-order valence-electron chi connectivity index (χ0n) is 10.2. The molecule has 0 aromatic carbocycles. The average molecular weight is 242 g/mol. The maximum absolute atomic E-state index is 11.9. The number of hydrogen-bond donors (Lipinski definition) is 0. The molecule has 18 heavy (non-hydrogen) atoms. The first-order chi connectivity index (χ1) is 8.70. The van der Waals surface area contributed by atoms with Crippen molar-refractivity contribution in [3.63, 3.8) is 0 Å². The molecule has 2 aromatic rings. The molecule has 0 radical (unpaired) electrons. The van der Waals surface area contributed by atoms with Crippen molar-refractivity contribution in [2.75, 3.05) is 4.90 Å². The fourth-order valence-electron chi connectivity index (χ4n) is 1.63. The second kappa shape index (κ2) is 5.27. The lowest BCUT2D eigenvalue weighted by atomic mass is 10.2. The molecule has 0 aliphatic heterocycles. The Morgan fingerprint density at radius 2 is 2.39 bits per heavy atom. The van der Waals surface area contributed by atoms with Gasteiger partial charge in [-0.15, -0.1) is 0 Å². The van der Waals surface area contributed by atoms with Gasteiger partial charge in [-0.1, -0.05) is 12.6 Å². The number of nitrogens with zero attached hydrogens (tertiary/aromatic N) is 4. The summed E-state index contributed by atoms with van der Waals surface area (Å²) < 4.78 is 1.65. The lowest BCUT2D eigenvalue weighted by Crippen LogP contribution is -2.28. The number of pyridine rings is 1. The van der Waals surface area contributed by atoms with Crippen LogP contribution in [0.4, 0.5) is 5.69 Å². The van der Waals surface area contributed by atoms with E-state index in [9.17, 15) is 4.79 Å². The van der Waals surface area contributed by atoms with Gasteiger partial charge in [-0.05, 0) is 17.7 Å². The highest BCUT2D eigenvalue weighted by molar-refractivity contribution is 6.00. The molecule has 2 aromatic heterocycles. The van der Waals surface area contributed by atoms with Crippen LogP contribution in [0.5, 0.6) is 0 Å². The van der Waals surface area contributed by atoms with Crippen LogP contribution in [0, 0.1) is 0 Å². The highest BCUT2D eigenvalue weighted by Crippen LogP contribution is 2.16. The van der Waals surface area contributed by atoms with Crippen LogP contribution in [0.25, 0.3) is 0 Å². The van der Waals surface area contributed by atoms with Crippen LogP contribution in [-0.2, 0) is 18.4 Å². The topological polar surface area (TPSA) is 51.0 Å². The van der Waals surface area contributed by atoms with Gasteiger partial charge in [0.1, 0.15) is 0 Å². The second-order valence-corrected chi connectivity index (χ2v) is 3.86. The van der Waals surface area contributed by atoms with E-state index < -0.39 is 0 Å². The largest absolute Gasteiger partial charge is 0.301 e. The Balaban J connectivity index is 2.26. The molecule has 0 spiro atoms. The molecule has 0 atom stereocenters. The van der Waals surface area contributed by atoms with Crippen LogP contribution in [0.3, 0.4) is 0 Å². The summed E-state index contributed by atoms with van der Waals surface area (Å²) in [6.45, 7) is 3.97. The summed E-state index contributed by atoms with van der Waals surface area (Å²) in [5.41, 5.74) is 1.70. The van der Waals surface area contributed by atoms with Gasteiger partial charge in [0, 0.05) is 25.6 Å². The average Bonchev–Trinajstić information content (AvgIpc) is 2.83. The third-order valence-electron chi connectivity index (χ3n) is 2.51. The number of hydrogen-bond acceptors (Lipinski definition) is 3. The van der Waals surface area contributed by atoms with Crippen molar-refractivity contribution in [2.45, 2.75) is 6.54 Å². The molecule has 92 valence electrons. The Kier molecular flexibility index (Phi) is 3.52. The monoisotopic (exact) mass is 242 g/mol. The van der Waals surface area contributed by atoms with Crippen molar-refractivity contribution < 1.29 is 4.79 Å². The third kappa shape index (κ3) is 2.63. The van der Waals surface area contributed by atoms with E-state index in [0.29, 0.717) is 6.54 Å². The van der Waals surface area contributed by atoms with Gasteiger partial charge in [0.15, 0.2) is 0 Å². The van der Waals surface area contributed by atoms with Crippen molar-refractivity contribution in [1.82, 2.24) is 14.8 Å². The Bertz CT molecular complexity index is 547. The van der Waals surface area contributed by atoms with Gasteiger partial charge in [0.2, 0.25) is 0 Å². The number of carbonyl (C=O) groups is 1. The second-order valence-electron chi connectivity index (χ2n) is 3.86. The fraction of sp³-hybridized carbons (Fsp3) is 0.154. The first-order valence-corrected chi connectivity index (χ1v) is 5.52. The summed E-state index contributed by atoms with van der Waals surface area (Å²) >= 11 is 0. The van der Waals surface area contributed by atoms with Crippen LogP contribution in [0.2, 0.25) is 0 Å². The Labute approximate surface area is 105 Å². The van der Waals surface area contributed by atoms with Gasteiger partial charge in [0.25, 0.3) is 5.91 Å². The van der Waals surface area contributed by atoms with Crippen molar-refractivity contribution in [1.29, 1.82) is 0 Å². The Hall–Kier alpha value is -2.43. The van der Waals surface area contributed by atoms with E-state index in [1.54, 1.807) is 34.4 Å². The molecule has 0 aliphatic rings. The van der Waals surface area contributed by atoms with E-state index in [0.717, 1.165) is 11.3 Å². The molecule has 0 saturated heterocycles. The van der Waals surface area contributed by atoms with Crippen LogP contribution >= 0.6 is 0 Å². The molecule has 0 bridgehead atoms. The van der Waals surface area contributed by atoms with Gasteiger partial charge in [-0.3, -0.25) is 14.5 Å². The normalized spacial score (nSPS) is 10.1. The lowest BCUT2D eigenvalue weighted by Gasteiger charge is -2.19. The molecular formula is C13H14N4O. The van der Waals surface area contributed by atoms with E-state index >= 15 is 0 Å². The molecule has 0 N–H and O–H groups in total. The zero-order valence-corrected chi connectivity index (χ0v) is 10.2. The molecule has 5 heteroatoms. The molecule has 5 nitrogen and oxygen atoms in total. The predicted octanol–water partition coefficient (Wildman–Crippen LogP) is 1.53. The Morgan fingerprint density at radius 1 is 1.56 bits per heavy atom. The smallest absolute Gasteiger partial charge is 0.250 e. The van der Waals surface area contributed by atoms with E-state index in [-0.39, 0.29) is 5.91 Å². The van der Waals surface area contributed by atoms with Crippen LogP contribution < -0.4 is 4.90 Å². The number of aryl methyl sites for hydroxylation is 1. The van der Waals surface area contributed by atoms with Crippen molar-refractivity contribution in [3.8, 4) is 0 Å². The standard InChI is InChI=1S/C13H14N4O/c1-3-13(18)17(12-8-15-16(2)10-12)9-11-5-4-6-14-7-11/h3-8,10H,1,9H2,2H3. The van der Waals surface area contributed by atoms with Crippen molar-refractivity contribution in [2.24, 2.45) is 7.05 Å². The number of rotatable bonds is 4. The van der Waals surface area contributed by atoms with Crippen LogP contribution in [0.1, 0.15) is 5.56 Å². The van der Waals surface area contributed by atoms with Gasteiger partial charge in [0.05, 0.1) is 18.4 Å². The summed E-state index contributed by atoms with van der Waals surface area (Å²) in [5, 5.41) is 4.07. The molecule has 0 unspecified atom stereocenters. The summed E-state index contributed by atoms with van der Waals surface area (Å²) in [5.74, 6) is -0.160. The lowest BCUT2D eigenvalue weighted by molar-refractivity contribution is -0.114. The fourth-order valence-corrected chi connectivity index (χ4v) is 1.63. The first-order valence-electron chi connectivity index (χ1n) is 5.52. The quantitative estimate of drug-likeness (QED) is 0.764. The zero-order chi connectivity index (χ0) is 13.0. The van der Waals surface area contributed by atoms with E-state index in [1.807, 2.05) is 19.2 Å². The SMILES string of the molecule is C=CC(=O)N(Cc1cccnc1)c1cnn(C)c1. The number of aromatic nitrogens is 3. The maximum Gasteiger partial charge on any atom is 0.250 e. The maximum atomic E-state index is 11.9. The van der Waals surface area contributed by atoms with Gasteiger partial charge in [-0.25, -0.2) is 0 Å². The van der Waals surface area contributed by atoms with E-state index in [4.69, 9.17) is 0 Å². The first kappa shape index (κ1) is 12.0. The molecule has 2 rings (SSSR count). The summed E-state index contributed by atoms with van der Waals surface area (Å²) in [6, 6.07) is 3.77. The van der Waals surface area contributed by atoms with Gasteiger partial charge < -0.3 is 4.90 Å². The summed E-state index contributed by atoms with van der Waals surface area (Å²) in [7, 11) is 1.81. The van der Waals surface area contributed by atoms with E-state index in [1.165, 1.54) is 6.08 Å². The van der Waals surface area contributed by atoms with Crippen LogP contribution in [0.15, 0.2) is 49.6 Å². The van der Waals surface area contributed by atoms with Crippen LogP contribution in [-0.4, -0.2) is 20.7 Å². The minimum Gasteiger partial charge on any atom is -0.301 e. The summed E-state index contributed by atoms with van der Waals surface area (Å²) in [4.78, 5) is 17.5. The molecular weight excluding hydrogens is 228 g/mol. The third-order valence-corrected chi connectivity index (χ3v) is 2.51. The van der Waals surface area contributed by atoms with Crippen molar-refractivity contribution in [3.05, 3.63) is 55.1 Å². The summed E-state index contributed by atoms with van der Waals surface area (Å²) in [6.07, 6.45) is 8.17. The number of amides is 1. The minimum absolute atomic E-state index is 0.160. The molecule has 2 heterocycles. The Morgan fingerprint density at radius 3 is 2.94 bits per heavy atom. The molecule has 0 saturated carbocycles. The molecule has 1 amide bonds. The molecule has 0 fully saturated rings. The predicted molar refractivity (Wildman–Crippen MR) is 68.8 cm³/mol. The van der Waals surface area contributed by atoms with Crippen molar-refractivity contribution >= 4 is 11.6 Å². The minimum atomic E-state index is -0.160. The number of carbonyl (C=O) groups excluding carboxylic acids is 1. The van der Waals surface area contributed by atoms with Gasteiger partial charge in [-0.2, -0.15) is 5.10 Å². The van der Waals surface area contributed by atoms with Gasteiger partial charge >= 0.3 is 0 Å².